The van der Waals surface area contributed by atoms with Crippen LogP contribution in [0.4, 0.5) is 18.0 Å². The fourth-order valence-corrected chi connectivity index (χ4v) is 8.63. The summed E-state index contributed by atoms with van der Waals surface area (Å²) in [5, 5.41) is 10.8. The highest BCUT2D eigenvalue weighted by Crippen LogP contribution is 2.62. The molecule has 1 spiro atoms. The number of hydrogen-bond acceptors (Lipinski definition) is 6. The molecule has 0 radical (unpaired) electrons. The van der Waals surface area contributed by atoms with Crippen LogP contribution in [0.25, 0.3) is 0 Å². The number of aliphatic hydroxyl groups excluding tert-OH is 1. The minimum Gasteiger partial charge on any atom is -0.440 e. The highest BCUT2D eigenvalue weighted by atomic mass is 32.1. The molecule has 2 fully saturated rings. The summed E-state index contributed by atoms with van der Waals surface area (Å²) in [6, 6.07) is 15.4. The van der Waals surface area contributed by atoms with Crippen molar-refractivity contribution in [1.29, 1.82) is 0 Å². The van der Waals surface area contributed by atoms with Gasteiger partial charge in [-0.2, -0.15) is 0 Å². The first kappa shape index (κ1) is 33.3. The second-order valence-electron chi connectivity index (χ2n) is 13.6. The van der Waals surface area contributed by atoms with Gasteiger partial charge >= 0.3 is 12.5 Å². The minimum absolute atomic E-state index is 0.0384. The lowest BCUT2D eigenvalue weighted by molar-refractivity contribution is -0.274. The van der Waals surface area contributed by atoms with Gasteiger partial charge in [0.1, 0.15) is 11.4 Å². The summed E-state index contributed by atoms with van der Waals surface area (Å²) in [5.74, 6) is -0.437. The first-order valence-electron chi connectivity index (χ1n) is 16.2. The van der Waals surface area contributed by atoms with Crippen molar-refractivity contribution in [3.8, 4) is 5.75 Å². The van der Waals surface area contributed by atoms with Gasteiger partial charge in [-0.3, -0.25) is 9.69 Å². The van der Waals surface area contributed by atoms with Crippen LogP contribution in [0, 0.1) is 12.3 Å². The van der Waals surface area contributed by atoms with Gasteiger partial charge in [-0.25, -0.2) is 4.79 Å². The molecule has 6 nitrogen and oxygen atoms in total. The van der Waals surface area contributed by atoms with E-state index in [4.69, 9.17) is 4.74 Å². The molecule has 1 saturated carbocycles. The summed E-state index contributed by atoms with van der Waals surface area (Å²) in [5.41, 5.74) is 3.01. The van der Waals surface area contributed by atoms with E-state index in [1.54, 1.807) is 4.90 Å². The van der Waals surface area contributed by atoms with E-state index in [-0.39, 0.29) is 24.0 Å². The van der Waals surface area contributed by atoms with E-state index in [0.29, 0.717) is 41.8 Å². The van der Waals surface area contributed by atoms with Crippen LogP contribution in [0.3, 0.4) is 0 Å². The number of benzene rings is 2. The van der Waals surface area contributed by atoms with Crippen molar-refractivity contribution >= 4 is 23.2 Å². The molecule has 1 N–H and O–H groups in total. The number of amides is 1. The molecule has 1 amide bonds. The maximum atomic E-state index is 14.1. The van der Waals surface area contributed by atoms with E-state index in [1.165, 1.54) is 41.2 Å². The first-order valence-corrected chi connectivity index (χ1v) is 17.0. The highest BCUT2D eigenvalue weighted by molar-refractivity contribution is 7.14. The average molecular weight is 668 g/mol. The quantitative estimate of drug-likeness (QED) is 0.217. The number of rotatable bonds is 5. The van der Waals surface area contributed by atoms with Crippen LogP contribution in [0.2, 0.25) is 0 Å². The van der Waals surface area contributed by atoms with E-state index in [1.807, 2.05) is 37.3 Å². The van der Waals surface area contributed by atoms with Crippen LogP contribution in [-0.2, 0) is 17.7 Å². The van der Waals surface area contributed by atoms with Crippen LogP contribution in [0.1, 0.15) is 95.1 Å². The van der Waals surface area contributed by atoms with Crippen LogP contribution in [0.15, 0.2) is 66.2 Å². The number of ketones is 1. The lowest BCUT2D eigenvalue weighted by Crippen LogP contribution is -2.48. The average Bonchev–Trinajstić information content (AvgIpc) is 3.66. The van der Waals surface area contributed by atoms with Crippen LogP contribution >= 0.6 is 11.3 Å². The number of hydrogen-bond donors (Lipinski definition) is 1. The van der Waals surface area contributed by atoms with Crippen LogP contribution in [0.5, 0.6) is 5.75 Å². The van der Waals surface area contributed by atoms with Gasteiger partial charge in [-0.1, -0.05) is 42.8 Å². The Morgan fingerprint density at radius 1 is 1.09 bits per heavy atom. The fourth-order valence-electron chi connectivity index (χ4n) is 7.81. The Bertz CT molecular complexity index is 1680. The number of carbonyl (C=O) groups excluding carboxylic acids is 2. The topological polar surface area (TPSA) is 76.1 Å². The summed E-state index contributed by atoms with van der Waals surface area (Å²) < 4.78 is 48.3. The Hall–Kier alpha value is -3.63. The Morgan fingerprint density at radius 2 is 1.85 bits per heavy atom. The van der Waals surface area contributed by atoms with Crippen molar-refractivity contribution in [2.45, 2.75) is 96.2 Å². The SMILES string of the molecule is CC1=CCCC2(C)C(CCC23CN(Cc2ccc(OC(F)(F)F)cc2)C(=O)O3)c2ccc(cc2C(=O)c2ccc(C)s2)CC(O)CC1. The molecule has 3 aliphatic carbocycles. The Kier molecular flexibility index (Phi) is 9.04. The molecule has 2 bridgehead atoms. The molecular weight excluding hydrogens is 627 g/mol. The summed E-state index contributed by atoms with van der Waals surface area (Å²) in [7, 11) is 0. The number of ether oxygens (including phenoxy) is 2. The minimum atomic E-state index is -4.78. The van der Waals surface area contributed by atoms with Gasteiger partial charge in [0.2, 0.25) is 5.78 Å². The third-order valence-corrected chi connectivity index (χ3v) is 11.4. The molecule has 1 aliphatic heterocycles. The number of nitrogens with zero attached hydrogens (tertiary/aromatic N) is 1. The van der Waals surface area contributed by atoms with Gasteiger partial charge in [0.25, 0.3) is 0 Å². The molecule has 1 aromatic heterocycles. The highest BCUT2D eigenvalue weighted by Gasteiger charge is 2.64. The van der Waals surface area contributed by atoms with Gasteiger partial charge in [-0.05, 0) is 112 Å². The summed E-state index contributed by atoms with van der Waals surface area (Å²) >= 11 is 1.47. The lowest BCUT2D eigenvalue weighted by Gasteiger charge is -2.43. The Balaban J connectivity index is 1.35. The van der Waals surface area contributed by atoms with Crippen LogP contribution in [-0.4, -0.2) is 46.5 Å². The number of halogens is 3. The third-order valence-electron chi connectivity index (χ3n) is 10.4. The smallest absolute Gasteiger partial charge is 0.440 e. The van der Waals surface area contributed by atoms with Crippen molar-refractivity contribution < 1.29 is 37.3 Å². The molecule has 2 heterocycles. The zero-order valence-electron chi connectivity index (χ0n) is 26.9. The van der Waals surface area contributed by atoms with Crippen molar-refractivity contribution in [3.05, 3.63) is 98.3 Å². The molecule has 2 aromatic carbocycles. The molecule has 4 unspecified atom stereocenters. The normalized spacial score (nSPS) is 26.6. The van der Waals surface area contributed by atoms with E-state index in [9.17, 15) is 27.9 Å². The number of aliphatic hydroxyl groups is 1. The molecule has 7 rings (SSSR count). The zero-order chi connectivity index (χ0) is 33.6. The molecule has 250 valence electrons. The molecule has 4 aliphatic rings. The van der Waals surface area contributed by atoms with Crippen molar-refractivity contribution in [3.63, 3.8) is 0 Å². The third kappa shape index (κ3) is 6.85. The van der Waals surface area contributed by atoms with E-state index in [0.717, 1.165) is 41.7 Å². The predicted octanol–water partition coefficient (Wildman–Crippen LogP) is 8.88. The number of carbonyl (C=O) groups is 2. The molecule has 10 heteroatoms. The van der Waals surface area contributed by atoms with Gasteiger partial charge in [0.05, 0.1) is 17.5 Å². The molecule has 47 heavy (non-hydrogen) atoms. The lowest BCUT2D eigenvalue weighted by atomic mass is 9.65. The zero-order valence-corrected chi connectivity index (χ0v) is 27.7. The maximum absolute atomic E-state index is 14.1. The van der Waals surface area contributed by atoms with Gasteiger partial charge in [0, 0.05) is 22.4 Å². The Labute approximate surface area is 277 Å². The maximum Gasteiger partial charge on any atom is 0.573 e. The summed E-state index contributed by atoms with van der Waals surface area (Å²) in [6.45, 7) is 6.76. The first-order chi connectivity index (χ1) is 22.2. The monoisotopic (exact) mass is 667 g/mol. The van der Waals surface area contributed by atoms with Gasteiger partial charge in [0.15, 0.2) is 0 Å². The van der Waals surface area contributed by atoms with E-state index < -0.39 is 29.6 Å². The number of alkyl halides is 3. The second kappa shape index (κ2) is 12.8. The number of fused-ring (bicyclic) bond motifs is 8. The second-order valence-corrected chi connectivity index (χ2v) is 14.9. The van der Waals surface area contributed by atoms with E-state index >= 15 is 0 Å². The molecule has 4 atom stereocenters. The summed E-state index contributed by atoms with van der Waals surface area (Å²) in [4.78, 5) is 30.9. The molecular formula is C37H40F3NO5S. The Morgan fingerprint density at radius 3 is 2.55 bits per heavy atom. The largest absolute Gasteiger partial charge is 0.573 e. The van der Waals surface area contributed by atoms with E-state index in [2.05, 4.69) is 24.7 Å². The standard InChI is InChI=1S/C37H40F3NO5S/c1-23-5-4-17-35(3)31(29-14-10-26(19-27(42)11-6-23)20-30(29)33(43)32-15-7-24(2)47-32)16-18-36(35)22-41(34(44)46-36)21-25-8-12-28(13-9-25)45-37(38,39)40/h5,7-10,12-15,20,27,31,42H,4,6,11,16-19,21-22H2,1-3H3. The van der Waals surface area contributed by atoms with Crippen molar-refractivity contribution in [1.82, 2.24) is 4.90 Å². The van der Waals surface area contributed by atoms with Crippen molar-refractivity contribution in [2.24, 2.45) is 5.41 Å². The number of aryl methyl sites for hydroxylation is 1. The summed E-state index contributed by atoms with van der Waals surface area (Å²) in [6.07, 6.45) is 1.11. The fraction of sp³-hybridized carbons (Fsp3) is 0.459. The van der Waals surface area contributed by atoms with Gasteiger partial charge < -0.3 is 14.6 Å². The molecule has 1 saturated heterocycles. The number of thiophene rings is 1. The van der Waals surface area contributed by atoms with Crippen LogP contribution < -0.4 is 4.74 Å². The predicted molar refractivity (Wildman–Crippen MR) is 174 cm³/mol. The molecule has 3 aromatic rings. The van der Waals surface area contributed by atoms with Crippen molar-refractivity contribution in [2.75, 3.05) is 6.54 Å². The van der Waals surface area contributed by atoms with Gasteiger partial charge in [-0.15, -0.1) is 24.5 Å². The number of allylic oxidation sites excluding steroid dienone is 2.